The van der Waals surface area contributed by atoms with Gasteiger partial charge < -0.3 is 5.11 Å². The molecule has 2 rings (SSSR count). The summed E-state index contributed by atoms with van der Waals surface area (Å²) in [5.41, 5.74) is 0.545. The summed E-state index contributed by atoms with van der Waals surface area (Å²) in [5, 5.41) is 10.1. The number of hydrogen-bond acceptors (Lipinski definition) is 4. The highest BCUT2D eigenvalue weighted by Gasteiger charge is 2.21. The highest BCUT2D eigenvalue weighted by atomic mass is 19.1. The first-order chi connectivity index (χ1) is 9.88. The van der Waals surface area contributed by atoms with Crippen LogP contribution >= 0.6 is 0 Å². The molecular formula is C16H23FN2O2. The van der Waals surface area contributed by atoms with Gasteiger partial charge in [-0.3, -0.25) is 14.6 Å². The van der Waals surface area contributed by atoms with Gasteiger partial charge in [0.05, 0.1) is 5.56 Å². The van der Waals surface area contributed by atoms with E-state index < -0.39 is 5.82 Å². The topological polar surface area (TPSA) is 43.8 Å². The minimum Gasteiger partial charge on any atom is -0.507 e. The number of carbonyl (C=O) groups excluding carboxylic acids is 1. The number of hydrogen-bond donors (Lipinski definition) is 1. The number of benzene rings is 1. The maximum atomic E-state index is 13.6. The summed E-state index contributed by atoms with van der Waals surface area (Å²) in [6.45, 7) is 9.84. The molecule has 5 heteroatoms. The first kappa shape index (κ1) is 15.9. The van der Waals surface area contributed by atoms with Crippen molar-refractivity contribution < 1.29 is 14.3 Å². The van der Waals surface area contributed by atoms with E-state index >= 15 is 0 Å². The lowest BCUT2D eigenvalue weighted by Crippen LogP contribution is -2.48. The predicted octanol–water partition coefficient (Wildman–Crippen LogP) is 2.26. The number of rotatable bonds is 4. The van der Waals surface area contributed by atoms with E-state index in [-0.39, 0.29) is 17.1 Å². The van der Waals surface area contributed by atoms with Crippen LogP contribution in [-0.2, 0) is 6.54 Å². The van der Waals surface area contributed by atoms with Crippen molar-refractivity contribution in [3.05, 3.63) is 29.1 Å². The third kappa shape index (κ3) is 3.80. The third-order valence-corrected chi connectivity index (χ3v) is 4.06. The summed E-state index contributed by atoms with van der Waals surface area (Å²) in [6.07, 6.45) is 0. The Labute approximate surface area is 125 Å². The monoisotopic (exact) mass is 294 g/mol. The van der Waals surface area contributed by atoms with Gasteiger partial charge in [-0.05, 0) is 32.9 Å². The molecule has 1 heterocycles. The number of phenols is 1. The summed E-state index contributed by atoms with van der Waals surface area (Å²) in [5.74, 6) is -0.887. The third-order valence-electron chi connectivity index (χ3n) is 4.06. The Morgan fingerprint density at radius 2 is 1.90 bits per heavy atom. The SMILES string of the molecule is CC(=O)c1cc(F)cc(CN2CCN(C(C)C)CC2)c1O. The predicted molar refractivity (Wildman–Crippen MR) is 80.1 cm³/mol. The summed E-state index contributed by atoms with van der Waals surface area (Å²) < 4.78 is 13.6. The maximum Gasteiger partial charge on any atom is 0.163 e. The van der Waals surface area contributed by atoms with Crippen LogP contribution in [-0.4, -0.2) is 52.9 Å². The van der Waals surface area contributed by atoms with Crippen LogP contribution < -0.4 is 0 Å². The molecule has 0 aromatic heterocycles. The Kier molecular flexibility index (Phi) is 4.96. The second kappa shape index (κ2) is 6.54. The second-order valence-corrected chi connectivity index (χ2v) is 5.92. The van der Waals surface area contributed by atoms with Crippen molar-refractivity contribution >= 4 is 5.78 Å². The quantitative estimate of drug-likeness (QED) is 0.865. The number of carbonyl (C=O) groups is 1. The average Bonchev–Trinajstić information content (AvgIpc) is 2.42. The molecule has 1 aromatic rings. The lowest BCUT2D eigenvalue weighted by atomic mass is 10.0. The molecule has 0 saturated carbocycles. The molecule has 0 atom stereocenters. The van der Waals surface area contributed by atoms with E-state index in [4.69, 9.17) is 0 Å². The van der Waals surface area contributed by atoms with E-state index in [2.05, 4.69) is 23.6 Å². The Morgan fingerprint density at radius 1 is 1.29 bits per heavy atom. The lowest BCUT2D eigenvalue weighted by Gasteiger charge is -2.37. The van der Waals surface area contributed by atoms with Gasteiger partial charge in [0.15, 0.2) is 5.78 Å². The largest absolute Gasteiger partial charge is 0.507 e. The smallest absolute Gasteiger partial charge is 0.163 e. The standard InChI is InChI=1S/C16H23FN2O2/c1-11(2)19-6-4-18(5-7-19)10-13-8-14(17)9-15(12(3)20)16(13)21/h8-9,11,21H,4-7,10H2,1-3H3. The van der Waals surface area contributed by atoms with Gasteiger partial charge in [0.1, 0.15) is 11.6 Å². The zero-order chi connectivity index (χ0) is 15.6. The van der Waals surface area contributed by atoms with Crippen molar-refractivity contribution in [3.63, 3.8) is 0 Å². The van der Waals surface area contributed by atoms with Crippen molar-refractivity contribution in [1.82, 2.24) is 9.80 Å². The highest BCUT2D eigenvalue weighted by Crippen LogP contribution is 2.26. The molecule has 1 N–H and O–H groups in total. The molecule has 0 unspecified atom stereocenters. The molecule has 1 aromatic carbocycles. The molecule has 0 bridgehead atoms. The van der Waals surface area contributed by atoms with Gasteiger partial charge in [-0.25, -0.2) is 4.39 Å². The minimum absolute atomic E-state index is 0.0609. The van der Waals surface area contributed by atoms with Gasteiger partial charge in [-0.2, -0.15) is 0 Å². The number of phenolic OH excluding ortho intramolecular Hbond substituents is 1. The zero-order valence-corrected chi connectivity index (χ0v) is 12.9. The van der Waals surface area contributed by atoms with Gasteiger partial charge in [-0.1, -0.05) is 0 Å². The van der Waals surface area contributed by atoms with Crippen LogP contribution in [0.5, 0.6) is 5.75 Å². The van der Waals surface area contributed by atoms with E-state index in [0.29, 0.717) is 18.2 Å². The van der Waals surface area contributed by atoms with Crippen molar-refractivity contribution in [2.24, 2.45) is 0 Å². The summed E-state index contributed by atoms with van der Waals surface area (Å²) in [6, 6.07) is 2.94. The maximum absolute atomic E-state index is 13.6. The molecule has 1 saturated heterocycles. The van der Waals surface area contributed by atoms with Crippen LogP contribution in [0.25, 0.3) is 0 Å². The van der Waals surface area contributed by atoms with Crippen molar-refractivity contribution in [2.45, 2.75) is 33.4 Å². The molecule has 0 radical (unpaired) electrons. The van der Waals surface area contributed by atoms with Crippen LogP contribution in [0.2, 0.25) is 0 Å². The Bertz CT molecular complexity index is 523. The number of aromatic hydroxyl groups is 1. The van der Waals surface area contributed by atoms with Gasteiger partial charge in [0.25, 0.3) is 0 Å². The lowest BCUT2D eigenvalue weighted by molar-refractivity contribution is 0.100. The van der Waals surface area contributed by atoms with Gasteiger partial charge >= 0.3 is 0 Å². The van der Waals surface area contributed by atoms with Crippen molar-refractivity contribution in [2.75, 3.05) is 26.2 Å². The molecular weight excluding hydrogens is 271 g/mol. The fraction of sp³-hybridized carbons (Fsp3) is 0.562. The molecule has 4 nitrogen and oxygen atoms in total. The second-order valence-electron chi connectivity index (χ2n) is 5.92. The van der Waals surface area contributed by atoms with Crippen LogP contribution in [0, 0.1) is 5.82 Å². The Balaban J connectivity index is 2.09. The minimum atomic E-state index is -0.478. The molecule has 0 amide bonds. The van der Waals surface area contributed by atoms with E-state index in [9.17, 15) is 14.3 Å². The van der Waals surface area contributed by atoms with Gasteiger partial charge in [0, 0.05) is 44.3 Å². The molecule has 1 aliphatic heterocycles. The normalized spacial score (nSPS) is 17.4. The van der Waals surface area contributed by atoms with Crippen molar-refractivity contribution in [1.29, 1.82) is 0 Å². The van der Waals surface area contributed by atoms with Crippen LogP contribution in [0.15, 0.2) is 12.1 Å². The van der Waals surface area contributed by atoms with Crippen molar-refractivity contribution in [3.8, 4) is 5.75 Å². The van der Waals surface area contributed by atoms with Crippen LogP contribution in [0.3, 0.4) is 0 Å². The fourth-order valence-corrected chi connectivity index (χ4v) is 2.72. The number of ketones is 1. The molecule has 0 aliphatic carbocycles. The molecule has 21 heavy (non-hydrogen) atoms. The fourth-order valence-electron chi connectivity index (χ4n) is 2.72. The number of Topliss-reactive ketones (excluding diaryl/α,β-unsaturated/α-hetero) is 1. The summed E-state index contributed by atoms with van der Waals surface area (Å²) in [4.78, 5) is 16.0. The van der Waals surface area contributed by atoms with E-state index in [1.54, 1.807) is 0 Å². The van der Waals surface area contributed by atoms with E-state index in [1.165, 1.54) is 13.0 Å². The first-order valence-electron chi connectivity index (χ1n) is 7.37. The Hall–Kier alpha value is -1.46. The number of piperazine rings is 1. The van der Waals surface area contributed by atoms with Gasteiger partial charge in [-0.15, -0.1) is 0 Å². The van der Waals surface area contributed by atoms with Gasteiger partial charge in [0.2, 0.25) is 0 Å². The Morgan fingerprint density at radius 3 is 2.43 bits per heavy atom. The van der Waals surface area contributed by atoms with Crippen LogP contribution in [0.1, 0.15) is 36.7 Å². The highest BCUT2D eigenvalue weighted by molar-refractivity contribution is 5.97. The summed E-state index contributed by atoms with van der Waals surface area (Å²) in [7, 11) is 0. The van der Waals surface area contributed by atoms with Crippen LogP contribution in [0.4, 0.5) is 4.39 Å². The molecule has 116 valence electrons. The molecule has 1 aliphatic rings. The summed E-state index contributed by atoms with van der Waals surface area (Å²) >= 11 is 0. The number of nitrogens with zero attached hydrogens (tertiary/aromatic N) is 2. The number of halogens is 1. The van der Waals surface area contributed by atoms with E-state index in [1.807, 2.05) is 0 Å². The average molecular weight is 294 g/mol. The molecule has 0 spiro atoms. The zero-order valence-electron chi connectivity index (χ0n) is 12.9. The molecule has 1 fully saturated rings. The first-order valence-corrected chi connectivity index (χ1v) is 7.37. The van der Waals surface area contributed by atoms with E-state index in [0.717, 1.165) is 32.2 Å².